The molecule has 2 rings (SSSR count). The Labute approximate surface area is 112 Å². The lowest BCUT2D eigenvalue weighted by Gasteiger charge is -2.06. The molecular formula is C11H10N4O5. The number of nitro groups is 1. The van der Waals surface area contributed by atoms with Gasteiger partial charge in [-0.15, -0.1) is 0 Å². The summed E-state index contributed by atoms with van der Waals surface area (Å²) in [5.74, 6) is -0.812. The molecule has 0 fully saturated rings. The van der Waals surface area contributed by atoms with Gasteiger partial charge in [-0.3, -0.25) is 10.1 Å². The Balaban J connectivity index is 2.10. The van der Waals surface area contributed by atoms with Crippen LogP contribution in [0.1, 0.15) is 16.2 Å². The number of nitrogens with one attached hydrogen (secondary N) is 1. The van der Waals surface area contributed by atoms with Crippen LogP contribution in [-0.4, -0.2) is 32.7 Å². The average molecular weight is 278 g/mol. The maximum atomic E-state index is 10.9. The predicted molar refractivity (Wildman–Crippen MR) is 66.5 cm³/mol. The lowest BCUT2D eigenvalue weighted by molar-refractivity contribution is -0.384. The maximum Gasteiger partial charge on any atom is 0.335 e. The number of aromatic carboxylic acids is 1. The molecule has 2 aromatic rings. The van der Waals surface area contributed by atoms with Crippen molar-refractivity contribution in [2.75, 3.05) is 11.9 Å². The molecule has 9 nitrogen and oxygen atoms in total. The third-order valence-corrected chi connectivity index (χ3v) is 2.50. The van der Waals surface area contributed by atoms with E-state index in [4.69, 9.17) is 9.63 Å². The smallest absolute Gasteiger partial charge is 0.335 e. The molecule has 20 heavy (non-hydrogen) atoms. The molecule has 0 spiro atoms. The summed E-state index contributed by atoms with van der Waals surface area (Å²) in [5, 5.41) is 26.0. The molecule has 0 atom stereocenters. The van der Waals surface area contributed by atoms with Crippen molar-refractivity contribution in [3.8, 4) is 0 Å². The number of rotatable bonds is 6. The van der Waals surface area contributed by atoms with Gasteiger partial charge in [0.05, 0.1) is 10.5 Å². The number of nitro benzene ring substituents is 1. The molecule has 0 saturated carbocycles. The molecule has 104 valence electrons. The van der Waals surface area contributed by atoms with Crippen molar-refractivity contribution in [3.05, 3.63) is 46.1 Å². The molecule has 1 aromatic carbocycles. The summed E-state index contributed by atoms with van der Waals surface area (Å²) in [4.78, 5) is 24.9. The van der Waals surface area contributed by atoms with Crippen molar-refractivity contribution >= 4 is 17.3 Å². The topological polar surface area (TPSA) is 131 Å². The van der Waals surface area contributed by atoms with Crippen LogP contribution in [0, 0.1) is 10.1 Å². The number of carboxylic acid groups (broad SMARTS) is 1. The van der Waals surface area contributed by atoms with E-state index in [-0.39, 0.29) is 16.9 Å². The van der Waals surface area contributed by atoms with Gasteiger partial charge in [0.25, 0.3) is 5.69 Å². The van der Waals surface area contributed by atoms with Crippen LogP contribution in [-0.2, 0) is 6.42 Å². The molecule has 0 aliphatic heterocycles. The Morgan fingerprint density at radius 3 is 2.90 bits per heavy atom. The number of carbonyl (C=O) groups is 1. The molecule has 1 aromatic heterocycles. The van der Waals surface area contributed by atoms with Gasteiger partial charge in [0, 0.05) is 19.0 Å². The van der Waals surface area contributed by atoms with Gasteiger partial charge in [0.15, 0.2) is 6.33 Å². The van der Waals surface area contributed by atoms with Crippen LogP contribution in [0.25, 0.3) is 0 Å². The summed E-state index contributed by atoms with van der Waals surface area (Å²) >= 11 is 0. The lowest BCUT2D eigenvalue weighted by atomic mass is 10.1. The Morgan fingerprint density at radius 2 is 2.30 bits per heavy atom. The summed E-state index contributed by atoms with van der Waals surface area (Å²) in [6.45, 7) is 0.343. The van der Waals surface area contributed by atoms with Crippen molar-refractivity contribution in [1.82, 2.24) is 10.1 Å². The Kier molecular flexibility index (Phi) is 3.89. The highest BCUT2D eigenvalue weighted by atomic mass is 16.6. The van der Waals surface area contributed by atoms with Gasteiger partial charge in [-0.2, -0.15) is 4.98 Å². The van der Waals surface area contributed by atoms with Crippen molar-refractivity contribution in [2.24, 2.45) is 0 Å². The molecule has 0 saturated heterocycles. The highest BCUT2D eigenvalue weighted by molar-refractivity contribution is 5.89. The summed E-state index contributed by atoms with van der Waals surface area (Å²) in [7, 11) is 0. The van der Waals surface area contributed by atoms with E-state index in [9.17, 15) is 14.9 Å². The van der Waals surface area contributed by atoms with Crippen LogP contribution < -0.4 is 5.32 Å². The third-order valence-electron chi connectivity index (χ3n) is 2.50. The zero-order chi connectivity index (χ0) is 14.5. The van der Waals surface area contributed by atoms with Crippen LogP contribution in [0.4, 0.5) is 11.4 Å². The fourth-order valence-corrected chi connectivity index (χ4v) is 1.58. The molecular weight excluding hydrogens is 268 g/mol. The number of carboxylic acids is 1. The monoisotopic (exact) mass is 278 g/mol. The number of aromatic nitrogens is 2. The summed E-state index contributed by atoms with van der Waals surface area (Å²) < 4.78 is 4.79. The number of nitrogens with zero attached hydrogens (tertiary/aromatic N) is 3. The van der Waals surface area contributed by atoms with E-state index in [0.717, 1.165) is 6.07 Å². The number of benzene rings is 1. The van der Waals surface area contributed by atoms with Gasteiger partial charge >= 0.3 is 5.97 Å². The molecule has 0 radical (unpaired) electrons. The van der Waals surface area contributed by atoms with E-state index in [1.54, 1.807) is 0 Å². The Bertz CT molecular complexity index is 626. The highest BCUT2D eigenvalue weighted by Crippen LogP contribution is 2.25. The fourth-order valence-electron chi connectivity index (χ4n) is 1.58. The van der Waals surface area contributed by atoms with Crippen LogP contribution in [0.5, 0.6) is 0 Å². The first-order chi connectivity index (χ1) is 9.58. The highest BCUT2D eigenvalue weighted by Gasteiger charge is 2.17. The zero-order valence-corrected chi connectivity index (χ0v) is 10.1. The summed E-state index contributed by atoms with van der Waals surface area (Å²) in [6, 6.07) is 3.66. The van der Waals surface area contributed by atoms with Crippen LogP contribution in [0.15, 0.2) is 29.0 Å². The molecule has 0 aliphatic rings. The van der Waals surface area contributed by atoms with Gasteiger partial charge in [-0.1, -0.05) is 5.16 Å². The standard InChI is InChI=1S/C11H10N4O5/c16-11(17)7-1-2-8(9(5-7)15(18)19)12-4-3-10-13-6-14-20-10/h1-2,5-6,12H,3-4H2,(H,16,17). The molecule has 0 aliphatic carbocycles. The Hall–Kier alpha value is -2.97. The van der Waals surface area contributed by atoms with Crippen molar-refractivity contribution in [1.29, 1.82) is 0 Å². The average Bonchev–Trinajstić information content (AvgIpc) is 2.91. The van der Waals surface area contributed by atoms with E-state index in [1.165, 1.54) is 18.5 Å². The predicted octanol–water partition coefficient (Wildman–Crippen LogP) is 1.33. The number of anilines is 1. The van der Waals surface area contributed by atoms with Crippen molar-refractivity contribution in [2.45, 2.75) is 6.42 Å². The fraction of sp³-hybridized carbons (Fsp3) is 0.182. The second kappa shape index (κ2) is 5.78. The van der Waals surface area contributed by atoms with E-state index >= 15 is 0 Å². The van der Waals surface area contributed by atoms with E-state index in [1.807, 2.05) is 0 Å². The normalized spacial score (nSPS) is 10.2. The maximum absolute atomic E-state index is 10.9. The summed E-state index contributed by atoms with van der Waals surface area (Å²) in [6.07, 6.45) is 1.66. The SMILES string of the molecule is O=C(O)c1ccc(NCCc2ncno2)c([N+](=O)[O-])c1. The van der Waals surface area contributed by atoms with Crippen molar-refractivity contribution in [3.63, 3.8) is 0 Å². The van der Waals surface area contributed by atoms with E-state index in [2.05, 4.69) is 15.5 Å². The minimum absolute atomic E-state index is 0.140. The van der Waals surface area contributed by atoms with Crippen LogP contribution in [0.2, 0.25) is 0 Å². The minimum atomic E-state index is -1.22. The Morgan fingerprint density at radius 1 is 1.50 bits per heavy atom. The van der Waals surface area contributed by atoms with E-state index in [0.29, 0.717) is 18.9 Å². The molecule has 0 bridgehead atoms. The zero-order valence-electron chi connectivity index (χ0n) is 10.1. The first-order valence-corrected chi connectivity index (χ1v) is 5.59. The second-order valence-corrected chi connectivity index (χ2v) is 3.81. The molecule has 2 N–H and O–H groups in total. The van der Waals surface area contributed by atoms with Crippen LogP contribution >= 0.6 is 0 Å². The number of hydrogen-bond acceptors (Lipinski definition) is 7. The molecule has 9 heteroatoms. The van der Waals surface area contributed by atoms with Gasteiger partial charge in [0.2, 0.25) is 5.89 Å². The molecule has 0 unspecified atom stereocenters. The van der Waals surface area contributed by atoms with Crippen molar-refractivity contribution < 1.29 is 19.3 Å². The minimum Gasteiger partial charge on any atom is -0.478 e. The van der Waals surface area contributed by atoms with Gasteiger partial charge in [-0.05, 0) is 12.1 Å². The number of hydrogen-bond donors (Lipinski definition) is 2. The summed E-state index contributed by atoms with van der Waals surface area (Å²) in [5.41, 5.74) is -0.200. The van der Waals surface area contributed by atoms with Gasteiger partial charge in [-0.25, -0.2) is 4.79 Å². The first-order valence-electron chi connectivity index (χ1n) is 5.59. The lowest BCUT2D eigenvalue weighted by Crippen LogP contribution is -2.08. The third kappa shape index (κ3) is 3.07. The first kappa shape index (κ1) is 13.5. The second-order valence-electron chi connectivity index (χ2n) is 3.81. The molecule has 1 heterocycles. The van der Waals surface area contributed by atoms with E-state index < -0.39 is 10.9 Å². The van der Waals surface area contributed by atoms with Gasteiger partial charge in [0.1, 0.15) is 5.69 Å². The molecule has 0 amide bonds. The van der Waals surface area contributed by atoms with Crippen LogP contribution in [0.3, 0.4) is 0 Å². The largest absolute Gasteiger partial charge is 0.478 e. The van der Waals surface area contributed by atoms with Gasteiger partial charge < -0.3 is 14.9 Å². The quantitative estimate of drug-likeness (QED) is 0.597.